The maximum atomic E-state index is 11.9. The molecular weight excluding hydrogens is 440 g/mol. The van der Waals surface area contributed by atoms with Gasteiger partial charge < -0.3 is 14.2 Å². The van der Waals surface area contributed by atoms with Crippen molar-refractivity contribution in [3.8, 4) is 17.2 Å². The topological polar surface area (TPSA) is 85.9 Å². The first-order chi connectivity index (χ1) is 14.0. The summed E-state index contributed by atoms with van der Waals surface area (Å²) in [5.74, 6) is 0.735. The number of amides is 2. The van der Waals surface area contributed by atoms with Crippen molar-refractivity contribution in [2.24, 2.45) is 0 Å². The SMILES string of the molecule is CCc1ccc(OCC(=O)NNC(=O)C=Cc2ccc(OC)c(OC)c2)c(Br)c1. The Morgan fingerprint density at radius 3 is 2.38 bits per heavy atom. The number of hydrazine groups is 1. The van der Waals surface area contributed by atoms with Crippen LogP contribution in [0.25, 0.3) is 6.08 Å². The van der Waals surface area contributed by atoms with Gasteiger partial charge in [0.1, 0.15) is 5.75 Å². The van der Waals surface area contributed by atoms with E-state index < -0.39 is 11.8 Å². The van der Waals surface area contributed by atoms with Crippen molar-refractivity contribution in [1.82, 2.24) is 10.9 Å². The molecule has 2 N–H and O–H groups in total. The lowest BCUT2D eigenvalue weighted by atomic mass is 10.2. The number of methoxy groups -OCH3 is 2. The Labute approximate surface area is 178 Å². The Kier molecular flexibility index (Phi) is 8.54. The molecule has 0 aliphatic heterocycles. The summed E-state index contributed by atoms with van der Waals surface area (Å²) in [4.78, 5) is 23.7. The molecule has 7 nitrogen and oxygen atoms in total. The summed E-state index contributed by atoms with van der Waals surface area (Å²) >= 11 is 3.41. The number of benzene rings is 2. The standard InChI is InChI=1S/C21H23BrN2O5/c1-4-14-5-8-17(16(22)11-14)29-13-21(26)24-23-20(25)10-7-15-6-9-18(27-2)19(12-15)28-3/h5-12H,4,13H2,1-3H3,(H,23,25)(H,24,26). The number of nitrogens with one attached hydrogen (secondary N) is 2. The zero-order chi connectivity index (χ0) is 21.2. The van der Waals surface area contributed by atoms with Crippen LogP contribution in [-0.2, 0) is 16.0 Å². The molecule has 8 heteroatoms. The van der Waals surface area contributed by atoms with E-state index in [1.54, 1.807) is 37.5 Å². The molecule has 154 valence electrons. The zero-order valence-corrected chi connectivity index (χ0v) is 18.0. The third-order valence-corrected chi connectivity index (χ3v) is 4.54. The second-order valence-corrected chi connectivity index (χ2v) is 6.75. The van der Waals surface area contributed by atoms with E-state index in [1.807, 2.05) is 12.1 Å². The fraction of sp³-hybridized carbons (Fsp3) is 0.238. The van der Waals surface area contributed by atoms with E-state index in [1.165, 1.54) is 13.2 Å². The van der Waals surface area contributed by atoms with Gasteiger partial charge in [0.2, 0.25) is 0 Å². The van der Waals surface area contributed by atoms with Gasteiger partial charge in [-0.1, -0.05) is 19.1 Å². The van der Waals surface area contributed by atoms with Crippen molar-refractivity contribution in [3.05, 3.63) is 58.1 Å². The van der Waals surface area contributed by atoms with Gasteiger partial charge in [-0.2, -0.15) is 0 Å². The van der Waals surface area contributed by atoms with Crippen molar-refractivity contribution in [3.63, 3.8) is 0 Å². The number of aryl methyl sites for hydroxylation is 1. The molecule has 0 saturated carbocycles. The van der Waals surface area contributed by atoms with Crippen LogP contribution in [0.4, 0.5) is 0 Å². The molecule has 0 bridgehead atoms. The summed E-state index contributed by atoms with van der Waals surface area (Å²) in [5, 5.41) is 0. The van der Waals surface area contributed by atoms with Gasteiger partial charge in [-0.25, -0.2) is 0 Å². The number of rotatable bonds is 8. The van der Waals surface area contributed by atoms with Crippen LogP contribution in [0, 0.1) is 0 Å². The first-order valence-corrected chi connectivity index (χ1v) is 9.66. The first-order valence-electron chi connectivity index (χ1n) is 8.87. The molecule has 0 radical (unpaired) electrons. The molecule has 2 aromatic carbocycles. The van der Waals surface area contributed by atoms with Gasteiger partial charge in [-0.05, 0) is 63.8 Å². The van der Waals surface area contributed by atoms with Crippen LogP contribution in [0.15, 0.2) is 46.9 Å². The lowest BCUT2D eigenvalue weighted by Gasteiger charge is -2.10. The van der Waals surface area contributed by atoms with Crippen molar-refractivity contribution >= 4 is 33.8 Å². The minimum absolute atomic E-state index is 0.232. The van der Waals surface area contributed by atoms with Gasteiger partial charge in [0, 0.05) is 6.08 Å². The summed E-state index contributed by atoms with van der Waals surface area (Å²) in [6.45, 7) is 1.82. The molecule has 0 aliphatic rings. The van der Waals surface area contributed by atoms with Crippen LogP contribution in [0.1, 0.15) is 18.1 Å². The molecule has 0 saturated heterocycles. The van der Waals surface area contributed by atoms with Gasteiger partial charge in [0.05, 0.1) is 18.7 Å². The maximum absolute atomic E-state index is 11.9. The number of hydrogen-bond donors (Lipinski definition) is 2. The molecule has 0 atom stereocenters. The predicted octanol–water partition coefficient (Wildman–Crippen LogP) is 3.27. The molecule has 2 rings (SSSR count). The summed E-state index contributed by atoms with van der Waals surface area (Å²) in [6, 6.07) is 10.9. The summed E-state index contributed by atoms with van der Waals surface area (Å²) in [6.07, 6.45) is 3.79. The van der Waals surface area contributed by atoms with E-state index in [9.17, 15) is 9.59 Å². The Morgan fingerprint density at radius 2 is 1.72 bits per heavy atom. The second kappa shape index (κ2) is 11.1. The minimum Gasteiger partial charge on any atom is -0.493 e. The number of ether oxygens (including phenoxy) is 3. The van der Waals surface area contributed by atoms with E-state index in [4.69, 9.17) is 14.2 Å². The van der Waals surface area contributed by atoms with Crippen LogP contribution < -0.4 is 25.1 Å². The molecule has 2 aromatic rings. The lowest BCUT2D eigenvalue weighted by Crippen LogP contribution is -2.43. The van der Waals surface area contributed by atoms with Crippen molar-refractivity contribution < 1.29 is 23.8 Å². The molecule has 0 aromatic heterocycles. The molecule has 0 spiro atoms. The third kappa shape index (κ3) is 6.83. The van der Waals surface area contributed by atoms with Crippen LogP contribution in [0.3, 0.4) is 0 Å². The van der Waals surface area contributed by atoms with Gasteiger partial charge in [-0.3, -0.25) is 20.4 Å². The van der Waals surface area contributed by atoms with E-state index in [0.29, 0.717) is 17.2 Å². The van der Waals surface area contributed by atoms with Crippen molar-refractivity contribution in [1.29, 1.82) is 0 Å². The Bertz CT molecular complexity index is 899. The van der Waals surface area contributed by atoms with Gasteiger partial charge >= 0.3 is 0 Å². The largest absolute Gasteiger partial charge is 0.493 e. The van der Waals surface area contributed by atoms with E-state index in [2.05, 4.69) is 33.7 Å². The molecule has 2 amide bonds. The van der Waals surface area contributed by atoms with Gasteiger partial charge in [0.15, 0.2) is 18.1 Å². The lowest BCUT2D eigenvalue weighted by molar-refractivity contribution is -0.128. The summed E-state index contributed by atoms with van der Waals surface area (Å²) < 4.78 is 16.6. The molecule has 0 unspecified atom stereocenters. The average molecular weight is 463 g/mol. The molecular formula is C21H23BrN2O5. The second-order valence-electron chi connectivity index (χ2n) is 5.89. The van der Waals surface area contributed by atoms with Crippen molar-refractivity contribution in [2.75, 3.05) is 20.8 Å². The van der Waals surface area contributed by atoms with Crippen LogP contribution >= 0.6 is 15.9 Å². The monoisotopic (exact) mass is 462 g/mol. The van der Waals surface area contributed by atoms with E-state index in [0.717, 1.165) is 22.0 Å². The highest BCUT2D eigenvalue weighted by molar-refractivity contribution is 9.10. The Balaban J connectivity index is 1.81. The van der Waals surface area contributed by atoms with Crippen LogP contribution in [0.2, 0.25) is 0 Å². The Hall–Kier alpha value is -3.00. The normalized spacial score (nSPS) is 10.5. The highest BCUT2D eigenvalue weighted by atomic mass is 79.9. The number of hydrogen-bond acceptors (Lipinski definition) is 5. The predicted molar refractivity (Wildman–Crippen MR) is 114 cm³/mol. The highest BCUT2D eigenvalue weighted by Gasteiger charge is 2.07. The Morgan fingerprint density at radius 1 is 1.00 bits per heavy atom. The average Bonchev–Trinajstić information content (AvgIpc) is 2.74. The third-order valence-electron chi connectivity index (χ3n) is 3.92. The van der Waals surface area contributed by atoms with Crippen LogP contribution in [0.5, 0.6) is 17.2 Å². The smallest absolute Gasteiger partial charge is 0.276 e. The van der Waals surface area contributed by atoms with Gasteiger partial charge in [0.25, 0.3) is 11.8 Å². The fourth-order valence-electron chi connectivity index (χ4n) is 2.36. The quantitative estimate of drug-likeness (QED) is 0.464. The summed E-state index contributed by atoms with van der Waals surface area (Å²) in [7, 11) is 3.08. The fourth-order valence-corrected chi connectivity index (χ4v) is 2.90. The molecule has 0 fully saturated rings. The minimum atomic E-state index is -0.485. The zero-order valence-electron chi connectivity index (χ0n) is 16.5. The number of carbonyl (C=O) groups is 2. The van der Waals surface area contributed by atoms with E-state index in [-0.39, 0.29) is 6.61 Å². The number of halogens is 1. The van der Waals surface area contributed by atoms with E-state index >= 15 is 0 Å². The van der Waals surface area contributed by atoms with Gasteiger partial charge in [-0.15, -0.1) is 0 Å². The number of carbonyl (C=O) groups excluding carboxylic acids is 2. The summed E-state index contributed by atoms with van der Waals surface area (Å²) in [5.41, 5.74) is 6.50. The maximum Gasteiger partial charge on any atom is 0.276 e. The highest BCUT2D eigenvalue weighted by Crippen LogP contribution is 2.28. The molecule has 0 heterocycles. The molecule has 29 heavy (non-hydrogen) atoms. The van der Waals surface area contributed by atoms with Crippen molar-refractivity contribution in [2.45, 2.75) is 13.3 Å². The van der Waals surface area contributed by atoms with Crippen LogP contribution in [-0.4, -0.2) is 32.6 Å². The molecule has 0 aliphatic carbocycles. The first kappa shape index (κ1) is 22.3.